The van der Waals surface area contributed by atoms with Crippen LogP contribution in [0.4, 0.5) is 22.8 Å². The number of aromatic nitrogens is 3. The van der Waals surface area contributed by atoms with Gasteiger partial charge in [-0.25, -0.2) is 19.6 Å². The van der Waals surface area contributed by atoms with Gasteiger partial charge in [-0.15, -0.1) is 0 Å². The van der Waals surface area contributed by atoms with E-state index in [9.17, 15) is 22.8 Å². The standard InChI is InChI=1S/C22H25F3N6O4/c1-4-31(20(32)29-17(22(23,24)25)11-27-21(33)34)13(2)14-6-5-7-15(10-14)16-12-30-9-8-26-18(30)19(28-16)35-3/h5-10,12-13,17,27H,4,11H2,1-3H3,(H,29,32)(H,33,34). The van der Waals surface area contributed by atoms with Crippen molar-refractivity contribution in [2.24, 2.45) is 0 Å². The van der Waals surface area contributed by atoms with Gasteiger partial charge >= 0.3 is 18.3 Å². The number of carbonyl (C=O) groups is 2. The number of halogens is 3. The van der Waals surface area contributed by atoms with Crippen LogP contribution in [0.2, 0.25) is 0 Å². The average molecular weight is 494 g/mol. The van der Waals surface area contributed by atoms with Crippen LogP contribution in [-0.2, 0) is 0 Å². The Morgan fingerprint density at radius 1 is 1.31 bits per heavy atom. The zero-order valence-corrected chi connectivity index (χ0v) is 19.2. The first-order valence-corrected chi connectivity index (χ1v) is 10.6. The van der Waals surface area contributed by atoms with Gasteiger partial charge in [-0.05, 0) is 25.5 Å². The van der Waals surface area contributed by atoms with Gasteiger partial charge in [0.25, 0.3) is 5.88 Å². The summed E-state index contributed by atoms with van der Waals surface area (Å²) in [6.45, 7) is 2.43. The summed E-state index contributed by atoms with van der Waals surface area (Å²) in [4.78, 5) is 33.3. The highest BCUT2D eigenvalue weighted by Crippen LogP contribution is 2.28. The number of benzene rings is 1. The molecule has 0 saturated heterocycles. The highest BCUT2D eigenvalue weighted by Gasteiger charge is 2.41. The second-order valence-corrected chi connectivity index (χ2v) is 7.61. The second kappa shape index (κ2) is 10.5. The van der Waals surface area contributed by atoms with Crippen LogP contribution in [0.25, 0.3) is 16.9 Å². The fourth-order valence-electron chi connectivity index (χ4n) is 3.58. The molecule has 0 radical (unpaired) electrons. The number of ether oxygens (including phenoxy) is 1. The Balaban J connectivity index is 1.85. The molecule has 13 heteroatoms. The Bertz CT molecular complexity index is 1200. The molecule has 0 spiro atoms. The molecule has 3 rings (SSSR count). The van der Waals surface area contributed by atoms with Crippen LogP contribution in [-0.4, -0.2) is 68.9 Å². The Labute approximate surface area is 198 Å². The molecule has 0 aliphatic heterocycles. The van der Waals surface area contributed by atoms with Crippen molar-refractivity contribution in [1.29, 1.82) is 0 Å². The molecule has 35 heavy (non-hydrogen) atoms. The maximum Gasteiger partial charge on any atom is 0.410 e. The number of urea groups is 1. The minimum Gasteiger partial charge on any atom is -0.478 e. The summed E-state index contributed by atoms with van der Waals surface area (Å²) in [6, 6.07) is 3.17. The number of nitrogens with one attached hydrogen (secondary N) is 2. The van der Waals surface area contributed by atoms with E-state index >= 15 is 0 Å². The summed E-state index contributed by atoms with van der Waals surface area (Å²) >= 11 is 0. The minimum absolute atomic E-state index is 0.112. The predicted molar refractivity (Wildman–Crippen MR) is 120 cm³/mol. The molecule has 2 aromatic heterocycles. The van der Waals surface area contributed by atoms with Gasteiger partial charge in [-0.1, -0.05) is 18.2 Å². The Kier molecular flexibility index (Phi) is 7.67. The van der Waals surface area contributed by atoms with Crippen LogP contribution in [0.5, 0.6) is 5.88 Å². The third-order valence-electron chi connectivity index (χ3n) is 5.42. The molecule has 2 atom stereocenters. The summed E-state index contributed by atoms with van der Waals surface area (Å²) in [5.74, 6) is 0.327. The molecular formula is C22H25F3N6O4. The Morgan fingerprint density at radius 3 is 2.69 bits per heavy atom. The van der Waals surface area contributed by atoms with Crippen molar-refractivity contribution in [2.45, 2.75) is 32.1 Å². The lowest BCUT2D eigenvalue weighted by atomic mass is 10.0. The van der Waals surface area contributed by atoms with Gasteiger partial charge in [0.15, 0.2) is 5.65 Å². The van der Waals surface area contributed by atoms with E-state index in [2.05, 4.69) is 9.97 Å². The summed E-state index contributed by atoms with van der Waals surface area (Å²) in [7, 11) is 1.48. The van der Waals surface area contributed by atoms with E-state index in [1.165, 1.54) is 12.0 Å². The quantitative estimate of drug-likeness (QED) is 0.439. The highest BCUT2D eigenvalue weighted by molar-refractivity contribution is 5.75. The van der Waals surface area contributed by atoms with Crippen LogP contribution in [0, 0.1) is 0 Å². The number of carbonyl (C=O) groups excluding carboxylic acids is 1. The van der Waals surface area contributed by atoms with Crippen LogP contribution in [0.15, 0.2) is 42.9 Å². The van der Waals surface area contributed by atoms with Crippen molar-refractivity contribution >= 4 is 17.8 Å². The fraction of sp³-hybridized carbons (Fsp3) is 0.364. The third kappa shape index (κ3) is 5.91. The molecule has 1 aromatic carbocycles. The zero-order chi connectivity index (χ0) is 25.8. The first-order valence-electron chi connectivity index (χ1n) is 10.6. The van der Waals surface area contributed by atoms with E-state index in [1.54, 1.807) is 60.4 Å². The summed E-state index contributed by atoms with van der Waals surface area (Å²) in [5, 5.41) is 12.2. The molecule has 0 saturated carbocycles. The molecule has 0 aliphatic carbocycles. The molecule has 10 nitrogen and oxygen atoms in total. The predicted octanol–water partition coefficient (Wildman–Crippen LogP) is 3.70. The van der Waals surface area contributed by atoms with Crippen molar-refractivity contribution in [3.63, 3.8) is 0 Å². The minimum atomic E-state index is -4.84. The van der Waals surface area contributed by atoms with Gasteiger partial charge in [-0.2, -0.15) is 13.2 Å². The Morgan fingerprint density at radius 2 is 2.06 bits per heavy atom. The number of imidazole rings is 1. The number of fused-ring (bicyclic) bond motifs is 1. The smallest absolute Gasteiger partial charge is 0.410 e. The number of amides is 3. The Hall–Kier alpha value is -4.03. The largest absolute Gasteiger partial charge is 0.478 e. The van der Waals surface area contributed by atoms with Crippen LogP contribution < -0.4 is 15.4 Å². The number of hydrogen-bond acceptors (Lipinski definition) is 5. The molecule has 188 valence electrons. The fourth-order valence-corrected chi connectivity index (χ4v) is 3.58. The molecule has 3 amide bonds. The van der Waals surface area contributed by atoms with E-state index in [-0.39, 0.29) is 6.54 Å². The van der Waals surface area contributed by atoms with E-state index in [1.807, 2.05) is 11.4 Å². The van der Waals surface area contributed by atoms with E-state index < -0.39 is 36.9 Å². The normalized spacial score (nSPS) is 13.2. The molecule has 0 aliphatic rings. The number of alkyl halides is 3. The topological polar surface area (TPSA) is 121 Å². The molecular weight excluding hydrogens is 469 g/mol. The summed E-state index contributed by atoms with van der Waals surface area (Å²) in [6.07, 6.45) is -1.33. The molecule has 2 unspecified atom stereocenters. The maximum atomic E-state index is 13.3. The molecule has 3 N–H and O–H groups in total. The van der Waals surface area contributed by atoms with Crippen molar-refractivity contribution in [1.82, 2.24) is 29.9 Å². The van der Waals surface area contributed by atoms with Crippen LogP contribution >= 0.6 is 0 Å². The van der Waals surface area contributed by atoms with E-state index in [0.29, 0.717) is 28.3 Å². The van der Waals surface area contributed by atoms with E-state index in [4.69, 9.17) is 9.84 Å². The van der Waals surface area contributed by atoms with E-state index in [0.717, 1.165) is 0 Å². The summed E-state index contributed by atoms with van der Waals surface area (Å²) in [5.41, 5.74) is 2.49. The SMILES string of the molecule is CCN(C(=O)NC(CNC(=O)O)C(F)(F)F)C(C)c1cccc(-c2cn3ccnc3c(OC)n2)c1. The zero-order valence-electron chi connectivity index (χ0n) is 19.2. The lowest BCUT2D eigenvalue weighted by Gasteiger charge is -2.31. The molecule has 3 aromatic rings. The first-order chi connectivity index (χ1) is 16.5. The average Bonchev–Trinajstić information content (AvgIpc) is 3.29. The van der Waals surface area contributed by atoms with Gasteiger partial charge in [0.2, 0.25) is 0 Å². The molecule has 2 heterocycles. The van der Waals surface area contributed by atoms with Crippen molar-refractivity contribution in [3.05, 3.63) is 48.4 Å². The van der Waals surface area contributed by atoms with Gasteiger partial charge in [-0.3, -0.25) is 0 Å². The van der Waals surface area contributed by atoms with Gasteiger partial charge < -0.3 is 29.8 Å². The number of rotatable bonds is 8. The monoisotopic (exact) mass is 494 g/mol. The van der Waals surface area contributed by atoms with Gasteiger partial charge in [0, 0.05) is 30.7 Å². The van der Waals surface area contributed by atoms with Crippen molar-refractivity contribution in [2.75, 3.05) is 20.2 Å². The first kappa shape index (κ1) is 25.6. The third-order valence-corrected chi connectivity index (χ3v) is 5.42. The lowest BCUT2D eigenvalue weighted by molar-refractivity contribution is -0.152. The molecule has 0 bridgehead atoms. The number of hydrogen-bond donors (Lipinski definition) is 3. The summed E-state index contributed by atoms with van der Waals surface area (Å²) < 4.78 is 47.0. The van der Waals surface area contributed by atoms with Crippen LogP contribution in [0.3, 0.4) is 0 Å². The number of nitrogens with zero attached hydrogens (tertiary/aromatic N) is 4. The van der Waals surface area contributed by atoms with Gasteiger partial charge in [0.1, 0.15) is 6.04 Å². The second-order valence-electron chi connectivity index (χ2n) is 7.61. The van der Waals surface area contributed by atoms with Gasteiger partial charge in [0.05, 0.1) is 25.4 Å². The number of carboxylic acid groups (broad SMARTS) is 1. The highest BCUT2D eigenvalue weighted by atomic mass is 19.4. The maximum absolute atomic E-state index is 13.3. The van der Waals surface area contributed by atoms with Crippen LogP contribution in [0.1, 0.15) is 25.5 Å². The number of methoxy groups -OCH3 is 1. The van der Waals surface area contributed by atoms with Crippen molar-refractivity contribution < 1.29 is 32.6 Å². The van der Waals surface area contributed by atoms with Crippen molar-refractivity contribution in [3.8, 4) is 17.1 Å². The molecule has 0 fully saturated rings. The lowest BCUT2D eigenvalue weighted by Crippen LogP contribution is -2.55.